The minimum absolute atomic E-state index is 0.0468. The summed E-state index contributed by atoms with van der Waals surface area (Å²) >= 11 is 0. The molecule has 15 heavy (non-hydrogen) atoms. The normalized spacial score (nSPS) is 19.9. The largest absolute Gasteiger partial charge is 0.466 e. The van der Waals surface area contributed by atoms with E-state index < -0.39 is 0 Å². The van der Waals surface area contributed by atoms with Gasteiger partial charge < -0.3 is 9.64 Å². The van der Waals surface area contributed by atoms with E-state index in [0.29, 0.717) is 6.61 Å². The monoisotopic (exact) mass is 213 g/mol. The van der Waals surface area contributed by atoms with E-state index in [9.17, 15) is 4.79 Å². The molecule has 1 heterocycles. The highest BCUT2D eigenvalue weighted by atomic mass is 16.5. The first-order valence-corrected chi connectivity index (χ1v) is 6.13. The Bertz CT molecular complexity index is 188. The molecular weight excluding hydrogens is 190 g/mol. The van der Waals surface area contributed by atoms with Crippen LogP contribution < -0.4 is 0 Å². The number of rotatable bonds is 5. The van der Waals surface area contributed by atoms with E-state index in [2.05, 4.69) is 4.90 Å². The lowest BCUT2D eigenvalue weighted by Crippen LogP contribution is -2.32. The first kappa shape index (κ1) is 12.5. The summed E-state index contributed by atoms with van der Waals surface area (Å²) in [7, 11) is 0. The number of hydrogen-bond acceptors (Lipinski definition) is 3. The van der Waals surface area contributed by atoms with Gasteiger partial charge in [0.05, 0.1) is 12.5 Å². The molecule has 1 atom stereocenters. The van der Waals surface area contributed by atoms with Crippen molar-refractivity contribution < 1.29 is 9.53 Å². The van der Waals surface area contributed by atoms with Crippen LogP contribution >= 0.6 is 0 Å². The number of ether oxygens (including phenoxy) is 1. The minimum atomic E-state index is -0.0468. The Morgan fingerprint density at radius 3 is 2.60 bits per heavy atom. The highest BCUT2D eigenvalue weighted by molar-refractivity contribution is 5.71. The van der Waals surface area contributed by atoms with Crippen LogP contribution in [0.3, 0.4) is 0 Å². The van der Waals surface area contributed by atoms with Gasteiger partial charge in [-0.15, -0.1) is 0 Å². The fraction of sp³-hybridized carbons (Fsp3) is 0.917. The van der Waals surface area contributed by atoms with Crippen molar-refractivity contribution in [1.82, 2.24) is 4.90 Å². The number of carbonyl (C=O) groups is 1. The maximum atomic E-state index is 11.4. The average Bonchev–Trinajstić information content (AvgIpc) is 2.27. The Hall–Kier alpha value is -0.570. The molecule has 0 N–H and O–H groups in total. The molecule has 1 aliphatic heterocycles. The molecular formula is C12H23NO2. The molecule has 0 amide bonds. The molecule has 3 nitrogen and oxygen atoms in total. The van der Waals surface area contributed by atoms with Crippen LogP contribution in [0, 0.1) is 5.92 Å². The van der Waals surface area contributed by atoms with E-state index in [1.54, 1.807) is 0 Å². The number of piperidine rings is 1. The van der Waals surface area contributed by atoms with Crippen molar-refractivity contribution in [1.29, 1.82) is 0 Å². The van der Waals surface area contributed by atoms with Crippen molar-refractivity contribution >= 4 is 5.97 Å². The Morgan fingerprint density at radius 2 is 2.00 bits per heavy atom. The van der Waals surface area contributed by atoms with Gasteiger partial charge in [0.15, 0.2) is 0 Å². The Labute approximate surface area is 92.8 Å². The third kappa shape index (κ3) is 4.65. The average molecular weight is 213 g/mol. The zero-order valence-corrected chi connectivity index (χ0v) is 10.00. The lowest BCUT2D eigenvalue weighted by atomic mass is 10.1. The third-order valence-electron chi connectivity index (χ3n) is 3.02. The summed E-state index contributed by atoms with van der Waals surface area (Å²) < 4.78 is 4.99. The molecule has 0 bridgehead atoms. The van der Waals surface area contributed by atoms with Gasteiger partial charge in [-0.1, -0.05) is 13.3 Å². The number of carbonyl (C=O) groups excluding carboxylic acids is 1. The van der Waals surface area contributed by atoms with Crippen molar-refractivity contribution in [2.45, 2.75) is 39.5 Å². The first-order chi connectivity index (χ1) is 7.24. The van der Waals surface area contributed by atoms with Crippen molar-refractivity contribution in [3.8, 4) is 0 Å². The van der Waals surface area contributed by atoms with Crippen LogP contribution in [-0.4, -0.2) is 37.1 Å². The molecule has 88 valence electrons. The molecule has 1 rings (SSSR count). The van der Waals surface area contributed by atoms with Crippen molar-refractivity contribution in [3.05, 3.63) is 0 Å². The summed E-state index contributed by atoms with van der Waals surface area (Å²) in [6, 6.07) is 0. The molecule has 1 unspecified atom stereocenters. The number of nitrogens with zero attached hydrogens (tertiary/aromatic N) is 1. The maximum absolute atomic E-state index is 11.4. The molecule has 0 radical (unpaired) electrons. The highest BCUT2D eigenvalue weighted by Crippen LogP contribution is 2.12. The van der Waals surface area contributed by atoms with Crippen LogP contribution in [0.2, 0.25) is 0 Å². The molecule has 0 aromatic heterocycles. The Morgan fingerprint density at radius 1 is 1.33 bits per heavy atom. The van der Waals surface area contributed by atoms with Crippen LogP contribution in [-0.2, 0) is 9.53 Å². The van der Waals surface area contributed by atoms with Crippen LogP contribution in [0.4, 0.5) is 0 Å². The van der Waals surface area contributed by atoms with E-state index in [-0.39, 0.29) is 11.9 Å². The second kappa shape index (κ2) is 6.83. The van der Waals surface area contributed by atoms with Gasteiger partial charge in [0.2, 0.25) is 0 Å². The van der Waals surface area contributed by atoms with Crippen molar-refractivity contribution in [2.75, 3.05) is 26.2 Å². The Kier molecular flexibility index (Phi) is 5.69. The molecule has 1 saturated heterocycles. The number of likely N-dealkylation sites (tertiary alicyclic amines) is 1. The molecule has 1 aliphatic rings. The fourth-order valence-corrected chi connectivity index (χ4v) is 1.96. The van der Waals surface area contributed by atoms with Crippen molar-refractivity contribution in [2.24, 2.45) is 5.92 Å². The first-order valence-electron chi connectivity index (χ1n) is 6.13. The zero-order chi connectivity index (χ0) is 11.1. The van der Waals surface area contributed by atoms with Gasteiger partial charge in [0.1, 0.15) is 0 Å². The van der Waals surface area contributed by atoms with Gasteiger partial charge in [-0.2, -0.15) is 0 Å². The van der Waals surface area contributed by atoms with E-state index in [4.69, 9.17) is 4.74 Å². The topological polar surface area (TPSA) is 29.5 Å². The lowest BCUT2D eigenvalue weighted by molar-refractivity contribution is -0.147. The Balaban J connectivity index is 2.14. The summed E-state index contributed by atoms with van der Waals surface area (Å²) in [5.41, 5.74) is 0. The summed E-state index contributed by atoms with van der Waals surface area (Å²) in [6.07, 6.45) is 4.92. The van der Waals surface area contributed by atoms with E-state index in [0.717, 1.165) is 13.0 Å². The van der Waals surface area contributed by atoms with Crippen LogP contribution in [0.1, 0.15) is 39.5 Å². The number of hydrogen-bond donors (Lipinski definition) is 0. The van der Waals surface area contributed by atoms with E-state index in [1.807, 2.05) is 13.8 Å². The zero-order valence-electron chi connectivity index (χ0n) is 10.00. The van der Waals surface area contributed by atoms with Crippen LogP contribution in [0.15, 0.2) is 0 Å². The molecule has 0 aromatic carbocycles. The molecule has 0 saturated carbocycles. The summed E-state index contributed by atoms with van der Waals surface area (Å²) in [5, 5.41) is 0. The van der Waals surface area contributed by atoms with Gasteiger partial charge in [0, 0.05) is 0 Å². The van der Waals surface area contributed by atoms with Gasteiger partial charge in [-0.3, -0.25) is 4.79 Å². The highest BCUT2D eigenvalue weighted by Gasteiger charge is 2.16. The second-order valence-corrected chi connectivity index (χ2v) is 4.34. The SMILES string of the molecule is CCOC(=O)C(C)CCN1CCCCC1. The summed E-state index contributed by atoms with van der Waals surface area (Å²) in [4.78, 5) is 13.8. The predicted octanol–water partition coefficient (Wildman–Crippen LogP) is 2.06. The third-order valence-corrected chi connectivity index (χ3v) is 3.02. The smallest absolute Gasteiger partial charge is 0.308 e. The predicted molar refractivity (Wildman–Crippen MR) is 60.7 cm³/mol. The minimum Gasteiger partial charge on any atom is -0.466 e. The molecule has 3 heteroatoms. The fourth-order valence-electron chi connectivity index (χ4n) is 1.96. The molecule has 0 aromatic rings. The standard InChI is InChI=1S/C12H23NO2/c1-3-15-12(14)11(2)7-10-13-8-5-4-6-9-13/h11H,3-10H2,1-2H3. The van der Waals surface area contributed by atoms with Gasteiger partial charge in [0.25, 0.3) is 0 Å². The second-order valence-electron chi connectivity index (χ2n) is 4.34. The van der Waals surface area contributed by atoms with Gasteiger partial charge in [-0.05, 0) is 45.8 Å². The van der Waals surface area contributed by atoms with E-state index in [1.165, 1.54) is 32.4 Å². The quantitative estimate of drug-likeness (QED) is 0.655. The lowest BCUT2D eigenvalue weighted by Gasteiger charge is -2.27. The number of esters is 1. The van der Waals surface area contributed by atoms with Gasteiger partial charge >= 0.3 is 5.97 Å². The van der Waals surface area contributed by atoms with Gasteiger partial charge in [-0.25, -0.2) is 0 Å². The van der Waals surface area contributed by atoms with Crippen LogP contribution in [0.5, 0.6) is 0 Å². The van der Waals surface area contributed by atoms with E-state index >= 15 is 0 Å². The molecule has 0 aliphatic carbocycles. The summed E-state index contributed by atoms with van der Waals surface area (Å²) in [6.45, 7) is 7.76. The van der Waals surface area contributed by atoms with Crippen molar-refractivity contribution in [3.63, 3.8) is 0 Å². The summed E-state index contributed by atoms with van der Waals surface area (Å²) in [5.74, 6) is 0.00128. The maximum Gasteiger partial charge on any atom is 0.308 e. The molecule has 0 spiro atoms. The van der Waals surface area contributed by atoms with Crippen LogP contribution in [0.25, 0.3) is 0 Å². The molecule has 1 fully saturated rings.